The number of hydrogen-bond donors (Lipinski definition) is 1. The number of carboxylic acid groups (broad SMARTS) is 1. The number of carbonyl (C=O) groups is 1. The van der Waals surface area contributed by atoms with E-state index in [4.69, 9.17) is 4.74 Å². The Morgan fingerprint density at radius 1 is 1.17 bits per heavy atom. The Morgan fingerprint density at radius 3 is 2.72 bits per heavy atom. The van der Waals surface area contributed by atoms with Crippen LogP contribution < -0.4 is 4.74 Å². The van der Waals surface area contributed by atoms with Crippen LogP contribution in [0.15, 0.2) is 77.7 Å². The molecule has 0 fully saturated rings. The van der Waals surface area contributed by atoms with E-state index in [0.29, 0.717) is 0 Å². The molecule has 1 N–H and O–H groups in total. The average Bonchev–Trinajstić information content (AvgIpc) is 3.22. The number of hydrogen-bond acceptors (Lipinski definition) is 3. The molecule has 1 heterocycles. The summed E-state index contributed by atoms with van der Waals surface area (Å²) in [6.07, 6.45) is 15.0. The van der Waals surface area contributed by atoms with Crippen molar-refractivity contribution in [2.24, 2.45) is 0 Å². The summed E-state index contributed by atoms with van der Waals surface area (Å²) in [5.74, 6) is -0.0967. The highest BCUT2D eigenvalue weighted by Crippen LogP contribution is 2.32. The van der Waals surface area contributed by atoms with Crippen LogP contribution in [0.3, 0.4) is 0 Å². The zero-order valence-electron chi connectivity index (χ0n) is 16.8. The molecule has 0 saturated carbocycles. The standard InChI is InChI=1S/C25H28O3S/c1-19-8-3-2-4-10-21(11-6-5-9-19)28-22-15-13-20(14-16-22)23(18-25(26)27)24-12-7-17-29-24/h2-4,7-8,10,12-17,21,23H,5-6,9,11,18H2,1H3,(H,26,27)/b3-2-,10-4+,19-8+. The molecule has 29 heavy (non-hydrogen) atoms. The Kier molecular flexibility index (Phi) is 7.88. The molecule has 3 rings (SSSR count). The number of thiophene rings is 1. The molecule has 152 valence electrons. The summed E-state index contributed by atoms with van der Waals surface area (Å²) >= 11 is 1.60. The van der Waals surface area contributed by atoms with Gasteiger partial charge in [0.15, 0.2) is 0 Å². The molecule has 2 unspecified atom stereocenters. The normalized spacial score (nSPS) is 22.5. The zero-order valence-corrected chi connectivity index (χ0v) is 17.6. The molecule has 0 amide bonds. The van der Waals surface area contributed by atoms with E-state index in [9.17, 15) is 9.90 Å². The smallest absolute Gasteiger partial charge is 0.304 e. The van der Waals surface area contributed by atoms with Crippen LogP contribution >= 0.6 is 11.3 Å². The number of allylic oxidation sites excluding steroid dienone is 5. The lowest BCUT2D eigenvalue weighted by atomic mass is 9.94. The molecule has 3 nitrogen and oxygen atoms in total. The molecule has 0 aliphatic heterocycles. The van der Waals surface area contributed by atoms with Gasteiger partial charge in [-0.1, -0.05) is 48.1 Å². The fraction of sp³-hybridized carbons (Fsp3) is 0.320. The monoisotopic (exact) mass is 408 g/mol. The van der Waals surface area contributed by atoms with Crippen molar-refractivity contribution < 1.29 is 14.6 Å². The summed E-state index contributed by atoms with van der Waals surface area (Å²) in [6, 6.07) is 11.9. The van der Waals surface area contributed by atoms with E-state index in [1.807, 2.05) is 53.9 Å². The van der Waals surface area contributed by atoms with Gasteiger partial charge >= 0.3 is 5.97 Å². The Balaban J connectivity index is 1.69. The highest BCUT2D eigenvalue weighted by Gasteiger charge is 2.19. The third kappa shape index (κ3) is 6.75. The molecule has 0 saturated heterocycles. The van der Waals surface area contributed by atoms with Gasteiger partial charge in [-0.15, -0.1) is 11.3 Å². The molecular formula is C25H28O3S. The zero-order chi connectivity index (χ0) is 20.5. The number of rotatable bonds is 6. The number of benzene rings is 1. The van der Waals surface area contributed by atoms with E-state index in [-0.39, 0.29) is 18.4 Å². The number of ether oxygens (including phenoxy) is 1. The highest BCUT2D eigenvalue weighted by atomic mass is 32.1. The lowest BCUT2D eigenvalue weighted by Gasteiger charge is -2.18. The largest absolute Gasteiger partial charge is 0.486 e. The lowest BCUT2D eigenvalue weighted by molar-refractivity contribution is -0.137. The molecule has 4 heteroatoms. The minimum Gasteiger partial charge on any atom is -0.486 e. The maximum absolute atomic E-state index is 11.3. The summed E-state index contributed by atoms with van der Waals surface area (Å²) in [7, 11) is 0. The molecule has 0 bridgehead atoms. The second kappa shape index (κ2) is 10.8. The van der Waals surface area contributed by atoms with E-state index >= 15 is 0 Å². The minimum absolute atomic E-state index is 0.0380. The van der Waals surface area contributed by atoms with Gasteiger partial charge in [0.25, 0.3) is 0 Å². The predicted molar refractivity (Wildman–Crippen MR) is 120 cm³/mol. The Bertz CT molecular complexity index is 860. The number of aliphatic carboxylic acids is 1. The first-order valence-electron chi connectivity index (χ1n) is 10.1. The maximum atomic E-state index is 11.3. The summed E-state index contributed by atoms with van der Waals surface area (Å²) < 4.78 is 6.21. The van der Waals surface area contributed by atoms with Crippen LogP contribution in [-0.4, -0.2) is 17.2 Å². The third-order valence-electron chi connectivity index (χ3n) is 5.07. The first-order chi connectivity index (χ1) is 14.1. The Hall–Kier alpha value is -2.59. The van der Waals surface area contributed by atoms with E-state index < -0.39 is 5.97 Å². The summed E-state index contributed by atoms with van der Waals surface area (Å²) in [6.45, 7) is 2.18. The maximum Gasteiger partial charge on any atom is 0.304 e. The van der Waals surface area contributed by atoms with E-state index in [2.05, 4.69) is 25.2 Å². The van der Waals surface area contributed by atoms with Gasteiger partial charge in [0.05, 0.1) is 6.42 Å². The van der Waals surface area contributed by atoms with Crippen LogP contribution in [0.1, 0.15) is 55.4 Å². The lowest BCUT2D eigenvalue weighted by Crippen LogP contribution is -2.13. The van der Waals surface area contributed by atoms with Crippen molar-refractivity contribution in [3.05, 3.63) is 88.2 Å². The van der Waals surface area contributed by atoms with Crippen molar-refractivity contribution in [3.8, 4) is 5.75 Å². The van der Waals surface area contributed by atoms with Crippen LogP contribution in [-0.2, 0) is 4.79 Å². The third-order valence-corrected chi connectivity index (χ3v) is 6.06. The van der Waals surface area contributed by atoms with Gasteiger partial charge in [-0.3, -0.25) is 4.79 Å². The SMILES string of the molecule is C\C1=C/C=C\C=C\C(Oc2ccc(C(CC(=O)O)c3cccs3)cc2)CCCC1. The van der Waals surface area contributed by atoms with Crippen molar-refractivity contribution in [3.63, 3.8) is 0 Å². The van der Waals surface area contributed by atoms with Gasteiger partial charge in [0.1, 0.15) is 11.9 Å². The van der Waals surface area contributed by atoms with Crippen molar-refractivity contribution in [2.45, 2.75) is 51.0 Å². The van der Waals surface area contributed by atoms with E-state index in [1.165, 1.54) is 12.0 Å². The molecule has 1 aromatic heterocycles. The van der Waals surface area contributed by atoms with Gasteiger partial charge in [-0.25, -0.2) is 0 Å². The molecule has 0 spiro atoms. The predicted octanol–water partition coefficient (Wildman–Crippen LogP) is 6.73. The second-order valence-electron chi connectivity index (χ2n) is 7.42. The molecule has 0 radical (unpaired) electrons. The molecule has 1 aromatic carbocycles. The van der Waals surface area contributed by atoms with Crippen LogP contribution in [0.25, 0.3) is 0 Å². The van der Waals surface area contributed by atoms with Crippen molar-refractivity contribution in [1.82, 2.24) is 0 Å². The van der Waals surface area contributed by atoms with Crippen molar-refractivity contribution >= 4 is 17.3 Å². The van der Waals surface area contributed by atoms with Gasteiger partial charge in [0.2, 0.25) is 0 Å². The molecule has 2 atom stereocenters. The van der Waals surface area contributed by atoms with Gasteiger partial charge < -0.3 is 9.84 Å². The topological polar surface area (TPSA) is 46.5 Å². The fourth-order valence-electron chi connectivity index (χ4n) is 3.50. The van der Waals surface area contributed by atoms with Gasteiger partial charge in [-0.2, -0.15) is 0 Å². The summed E-state index contributed by atoms with van der Waals surface area (Å²) in [5, 5.41) is 11.3. The molecule has 1 aliphatic carbocycles. The van der Waals surface area contributed by atoms with Crippen molar-refractivity contribution in [2.75, 3.05) is 0 Å². The highest BCUT2D eigenvalue weighted by molar-refractivity contribution is 7.10. The Morgan fingerprint density at radius 2 is 2.00 bits per heavy atom. The fourth-order valence-corrected chi connectivity index (χ4v) is 4.35. The number of carboxylic acids is 1. The quantitative estimate of drug-likeness (QED) is 0.576. The van der Waals surface area contributed by atoms with Crippen LogP contribution in [0.5, 0.6) is 5.75 Å². The van der Waals surface area contributed by atoms with E-state index in [1.54, 1.807) is 11.3 Å². The van der Waals surface area contributed by atoms with E-state index in [0.717, 1.165) is 35.5 Å². The van der Waals surface area contributed by atoms with Gasteiger partial charge in [0, 0.05) is 10.8 Å². The van der Waals surface area contributed by atoms with Crippen LogP contribution in [0.2, 0.25) is 0 Å². The summed E-state index contributed by atoms with van der Waals surface area (Å²) in [5.41, 5.74) is 2.41. The minimum atomic E-state index is -0.788. The average molecular weight is 409 g/mol. The van der Waals surface area contributed by atoms with Crippen molar-refractivity contribution in [1.29, 1.82) is 0 Å². The second-order valence-corrected chi connectivity index (χ2v) is 8.40. The van der Waals surface area contributed by atoms with Gasteiger partial charge in [-0.05, 0) is 67.8 Å². The first kappa shape index (κ1) is 21.1. The molecular weight excluding hydrogens is 380 g/mol. The molecule has 1 aliphatic rings. The van der Waals surface area contributed by atoms with Crippen LogP contribution in [0, 0.1) is 0 Å². The summed E-state index contributed by atoms with van der Waals surface area (Å²) in [4.78, 5) is 12.4. The Labute approximate surface area is 177 Å². The molecule has 2 aromatic rings. The van der Waals surface area contributed by atoms with Crippen LogP contribution in [0.4, 0.5) is 0 Å². The first-order valence-corrected chi connectivity index (χ1v) is 11.0.